The first kappa shape index (κ1) is 24.8. The Morgan fingerprint density at radius 3 is 2.54 bits per heavy atom. The van der Waals surface area contributed by atoms with Crippen molar-refractivity contribution in [1.82, 2.24) is 5.32 Å². The molecule has 1 amide bonds. The maximum absolute atomic E-state index is 14.6. The molecule has 3 aromatic rings. The lowest BCUT2D eigenvalue weighted by Crippen LogP contribution is -2.28. The normalized spacial score (nSPS) is 17.8. The molecule has 0 bridgehead atoms. The zero-order valence-electron chi connectivity index (χ0n) is 18.9. The van der Waals surface area contributed by atoms with Crippen LogP contribution < -0.4 is 10.1 Å². The van der Waals surface area contributed by atoms with Crippen molar-refractivity contribution in [2.45, 2.75) is 44.6 Å². The number of amides is 1. The van der Waals surface area contributed by atoms with Gasteiger partial charge in [-0.2, -0.15) is 4.39 Å². The van der Waals surface area contributed by atoms with E-state index in [-0.39, 0.29) is 36.6 Å². The third kappa shape index (κ3) is 5.85. The van der Waals surface area contributed by atoms with Gasteiger partial charge in [-0.3, -0.25) is 14.4 Å². The van der Waals surface area contributed by atoms with Crippen LogP contribution in [0.4, 0.5) is 8.78 Å². The van der Waals surface area contributed by atoms with Gasteiger partial charge in [-0.25, -0.2) is 4.39 Å². The summed E-state index contributed by atoms with van der Waals surface area (Å²) in [6.45, 7) is 0.219. The summed E-state index contributed by atoms with van der Waals surface area (Å²) in [6.07, 6.45) is 1.53. The molecule has 1 fully saturated rings. The number of aliphatic carboxylic acids is 1. The van der Waals surface area contributed by atoms with Crippen LogP contribution in [0, 0.1) is 17.6 Å². The molecule has 0 saturated heterocycles. The third-order valence-corrected chi connectivity index (χ3v) is 7.14. The lowest BCUT2D eigenvalue weighted by Gasteiger charge is -2.27. The highest BCUT2D eigenvalue weighted by molar-refractivity contribution is 7.17. The molecule has 9 heteroatoms. The molecule has 1 aliphatic rings. The number of halogens is 2. The average molecular weight is 502 g/mol. The van der Waals surface area contributed by atoms with Gasteiger partial charge in [-0.15, -0.1) is 11.3 Å². The molecule has 184 valence electrons. The lowest BCUT2D eigenvalue weighted by atomic mass is 9.87. The average Bonchev–Trinajstić information content (AvgIpc) is 3.33. The molecular formula is C26H25F2NO5S. The van der Waals surface area contributed by atoms with Crippen LogP contribution in [0.2, 0.25) is 0 Å². The number of carbonyl (C=O) groups excluding carboxylic acids is 2. The highest BCUT2D eigenvalue weighted by Gasteiger charge is 2.28. The number of hydrogen-bond donors (Lipinski definition) is 2. The Morgan fingerprint density at radius 2 is 1.80 bits per heavy atom. The first-order valence-corrected chi connectivity index (χ1v) is 12.4. The molecule has 2 aromatic carbocycles. The molecule has 4 rings (SSSR count). The molecule has 0 atom stereocenters. The summed E-state index contributed by atoms with van der Waals surface area (Å²) < 4.78 is 35.8. The summed E-state index contributed by atoms with van der Waals surface area (Å²) >= 11 is 1.59. The van der Waals surface area contributed by atoms with Crippen molar-refractivity contribution >= 4 is 39.1 Å². The molecule has 0 spiro atoms. The highest BCUT2D eigenvalue weighted by atomic mass is 32.1. The first-order chi connectivity index (χ1) is 16.8. The number of ether oxygens (including phenoxy) is 1. The van der Waals surface area contributed by atoms with Gasteiger partial charge in [-0.05, 0) is 79.3 Å². The van der Waals surface area contributed by atoms with E-state index >= 15 is 0 Å². The topological polar surface area (TPSA) is 92.7 Å². The van der Waals surface area contributed by atoms with Crippen molar-refractivity contribution in [3.05, 3.63) is 64.5 Å². The Kier molecular flexibility index (Phi) is 7.75. The fourth-order valence-electron chi connectivity index (χ4n) is 4.24. The molecular weight excluding hydrogens is 476 g/mol. The van der Waals surface area contributed by atoms with Crippen molar-refractivity contribution in [1.29, 1.82) is 0 Å². The van der Waals surface area contributed by atoms with E-state index in [1.807, 2.05) is 17.5 Å². The van der Waals surface area contributed by atoms with E-state index in [1.165, 1.54) is 12.1 Å². The summed E-state index contributed by atoms with van der Waals surface area (Å²) in [6, 6.07) is 9.78. The fraction of sp³-hybridized carbons (Fsp3) is 0.346. The van der Waals surface area contributed by atoms with E-state index < -0.39 is 35.4 Å². The van der Waals surface area contributed by atoms with E-state index in [9.17, 15) is 23.2 Å². The summed E-state index contributed by atoms with van der Waals surface area (Å²) in [5.41, 5.74) is 0.154. The Balaban J connectivity index is 1.27. The molecule has 0 unspecified atom stereocenters. The zero-order valence-corrected chi connectivity index (χ0v) is 19.7. The smallest absolute Gasteiger partial charge is 0.306 e. The van der Waals surface area contributed by atoms with Crippen molar-refractivity contribution < 1.29 is 33.0 Å². The van der Waals surface area contributed by atoms with Gasteiger partial charge in [0, 0.05) is 23.2 Å². The second-order valence-electron chi connectivity index (χ2n) is 8.62. The standard InChI is InChI=1S/C26H25F2NO5S/c27-23-19(8-9-21(24(23)28)34-18-6-3-15(4-7-18)26(32)33)20(30)2-1-12-29-25(31)17-5-10-22-16(14-17)11-13-35-22/h5,8-11,13-15,18H,1-4,6-7,12H2,(H,29,31)(H,32,33). The van der Waals surface area contributed by atoms with Crippen LogP contribution in [0.5, 0.6) is 5.75 Å². The number of nitrogens with one attached hydrogen (secondary N) is 1. The van der Waals surface area contributed by atoms with Gasteiger partial charge in [0.05, 0.1) is 17.6 Å². The summed E-state index contributed by atoms with van der Waals surface area (Å²) in [5, 5.41) is 14.7. The predicted molar refractivity (Wildman–Crippen MR) is 128 cm³/mol. The van der Waals surface area contributed by atoms with Gasteiger partial charge in [0.15, 0.2) is 17.3 Å². The molecule has 1 aliphatic carbocycles. The van der Waals surface area contributed by atoms with Crippen LogP contribution in [0.15, 0.2) is 41.8 Å². The minimum absolute atomic E-state index is 0.0559. The van der Waals surface area contributed by atoms with Gasteiger partial charge in [-0.1, -0.05) is 0 Å². The minimum Gasteiger partial charge on any atom is -0.487 e. The number of carbonyl (C=O) groups is 3. The number of rotatable bonds is 9. The fourth-order valence-corrected chi connectivity index (χ4v) is 5.01. The SMILES string of the molecule is O=C(NCCCC(=O)c1ccc(OC2CCC(C(=O)O)CC2)c(F)c1F)c1ccc2sccc2c1. The van der Waals surface area contributed by atoms with E-state index in [4.69, 9.17) is 9.84 Å². The minimum atomic E-state index is -1.26. The summed E-state index contributed by atoms with van der Waals surface area (Å²) in [5.74, 6) is -4.90. The van der Waals surface area contributed by atoms with Gasteiger partial charge >= 0.3 is 5.97 Å². The molecule has 35 heavy (non-hydrogen) atoms. The number of thiophene rings is 1. The molecule has 1 aromatic heterocycles. The predicted octanol–water partition coefficient (Wildman–Crippen LogP) is 5.59. The maximum atomic E-state index is 14.6. The summed E-state index contributed by atoms with van der Waals surface area (Å²) in [4.78, 5) is 35.8. The van der Waals surface area contributed by atoms with Gasteiger partial charge in [0.2, 0.25) is 5.82 Å². The maximum Gasteiger partial charge on any atom is 0.306 e. The van der Waals surface area contributed by atoms with Crippen molar-refractivity contribution in [3.63, 3.8) is 0 Å². The number of Topliss-reactive ketones (excluding diaryl/α,β-unsaturated/α-hetero) is 1. The first-order valence-electron chi connectivity index (χ1n) is 11.5. The van der Waals surface area contributed by atoms with Crippen LogP contribution in [0.3, 0.4) is 0 Å². The molecule has 6 nitrogen and oxygen atoms in total. The second-order valence-corrected chi connectivity index (χ2v) is 9.57. The highest BCUT2D eigenvalue weighted by Crippen LogP contribution is 2.31. The van der Waals surface area contributed by atoms with E-state index in [2.05, 4.69) is 5.32 Å². The molecule has 0 aliphatic heterocycles. The van der Waals surface area contributed by atoms with Gasteiger partial charge in [0.1, 0.15) is 0 Å². The number of carboxylic acids is 1. The largest absolute Gasteiger partial charge is 0.487 e. The van der Waals surface area contributed by atoms with Gasteiger partial charge in [0.25, 0.3) is 5.91 Å². The Hall–Kier alpha value is -3.33. The zero-order chi connectivity index (χ0) is 24.9. The van der Waals surface area contributed by atoms with Crippen molar-refractivity contribution in [2.24, 2.45) is 5.92 Å². The van der Waals surface area contributed by atoms with Crippen LogP contribution in [0.1, 0.15) is 59.2 Å². The van der Waals surface area contributed by atoms with Gasteiger partial charge < -0.3 is 15.2 Å². The number of hydrogen-bond acceptors (Lipinski definition) is 5. The Morgan fingerprint density at radius 1 is 1.03 bits per heavy atom. The molecule has 0 radical (unpaired) electrons. The molecule has 1 heterocycles. The van der Waals surface area contributed by atoms with E-state index in [0.717, 1.165) is 10.1 Å². The molecule has 1 saturated carbocycles. The van der Waals surface area contributed by atoms with Crippen LogP contribution in [-0.4, -0.2) is 35.4 Å². The number of ketones is 1. The number of benzene rings is 2. The monoisotopic (exact) mass is 501 g/mol. The quantitative estimate of drug-likeness (QED) is 0.294. The Labute approximate surface area is 204 Å². The summed E-state index contributed by atoms with van der Waals surface area (Å²) in [7, 11) is 0. The van der Waals surface area contributed by atoms with Crippen LogP contribution in [-0.2, 0) is 4.79 Å². The van der Waals surface area contributed by atoms with Crippen molar-refractivity contribution in [3.8, 4) is 5.75 Å². The van der Waals surface area contributed by atoms with Crippen LogP contribution in [0.25, 0.3) is 10.1 Å². The molecule has 2 N–H and O–H groups in total. The third-order valence-electron chi connectivity index (χ3n) is 6.25. The Bertz CT molecular complexity index is 1250. The second kappa shape index (κ2) is 10.9. The number of fused-ring (bicyclic) bond motifs is 1. The van der Waals surface area contributed by atoms with Crippen LogP contribution >= 0.6 is 11.3 Å². The number of carboxylic acid groups (broad SMARTS) is 1. The van der Waals surface area contributed by atoms with Crippen molar-refractivity contribution in [2.75, 3.05) is 6.54 Å². The van der Waals surface area contributed by atoms with E-state index in [1.54, 1.807) is 23.5 Å². The lowest BCUT2D eigenvalue weighted by molar-refractivity contribution is -0.143. The van der Waals surface area contributed by atoms with E-state index in [0.29, 0.717) is 31.2 Å².